The van der Waals surface area contributed by atoms with Crippen LogP contribution in [-0.4, -0.2) is 14.1 Å². The molecule has 0 spiro atoms. The number of anilines is 1. The van der Waals surface area contributed by atoms with Gasteiger partial charge in [-0.05, 0) is 34.9 Å². The first kappa shape index (κ1) is 20.3. The average Bonchev–Trinajstić information content (AvgIpc) is 2.73. The molecule has 0 heterocycles. The molecule has 3 aromatic rings. The van der Waals surface area contributed by atoms with Gasteiger partial charge >= 0.3 is 12.1 Å². The van der Waals surface area contributed by atoms with Gasteiger partial charge in [0.2, 0.25) is 0 Å². The lowest BCUT2D eigenvalue weighted by molar-refractivity contribution is 0.241. The SMILES string of the molecule is CN(C)c1ccccc1-c1ccc(/C=C/c2ccc(OC(F)=C(F)F)cc2)cc1. The second-order valence-corrected chi connectivity index (χ2v) is 6.57. The van der Waals surface area contributed by atoms with Crippen LogP contribution in [0.15, 0.2) is 84.9 Å². The van der Waals surface area contributed by atoms with Gasteiger partial charge in [0, 0.05) is 25.3 Å². The lowest BCUT2D eigenvalue weighted by Gasteiger charge is -2.17. The molecule has 0 unspecified atom stereocenters. The van der Waals surface area contributed by atoms with Crippen molar-refractivity contribution < 1.29 is 17.9 Å². The summed E-state index contributed by atoms with van der Waals surface area (Å²) in [5, 5.41) is 0. The third kappa shape index (κ3) is 5.29. The topological polar surface area (TPSA) is 12.5 Å². The summed E-state index contributed by atoms with van der Waals surface area (Å²) in [6.07, 6.45) is 1.35. The molecule has 0 saturated heterocycles. The van der Waals surface area contributed by atoms with E-state index in [2.05, 4.69) is 33.9 Å². The molecule has 2 nitrogen and oxygen atoms in total. The Labute approximate surface area is 168 Å². The van der Waals surface area contributed by atoms with Crippen molar-refractivity contribution in [1.82, 2.24) is 0 Å². The molecule has 148 valence electrons. The van der Waals surface area contributed by atoms with E-state index >= 15 is 0 Å². The van der Waals surface area contributed by atoms with Crippen molar-refractivity contribution in [3.63, 3.8) is 0 Å². The minimum atomic E-state index is -2.48. The van der Waals surface area contributed by atoms with Gasteiger partial charge in [-0.3, -0.25) is 0 Å². The molecule has 3 rings (SSSR count). The fraction of sp³-hybridized carbons (Fsp3) is 0.0833. The van der Waals surface area contributed by atoms with Gasteiger partial charge in [0.15, 0.2) is 0 Å². The van der Waals surface area contributed by atoms with Crippen LogP contribution in [0.3, 0.4) is 0 Å². The van der Waals surface area contributed by atoms with Crippen molar-refractivity contribution >= 4 is 17.8 Å². The Morgan fingerprint density at radius 2 is 1.31 bits per heavy atom. The van der Waals surface area contributed by atoms with Gasteiger partial charge in [-0.25, -0.2) is 0 Å². The Morgan fingerprint density at radius 1 is 0.759 bits per heavy atom. The summed E-state index contributed by atoms with van der Waals surface area (Å²) in [5.74, 6) is 0.0105. The molecule has 0 aromatic heterocycles. The number of hydrogen-bond acceptors (Lipinski definition) is 2. The van der Waals surface area contributed by atoms with E-state index in [1.165, 1.54) is 12.1 Å². The zero-order valence-electron chi connectivity index (χ0n) is 16.1. The van der Waals surface area contributed by atoms with Crippen molar-refractivity contribution in [2.45, 2.75) is 0 Å². The first-order chi connectivity index (χ1) is 13.9. The molecule has 0 saturated carbocycles. The van der Waals surface area contributed by atoms with Crippen LogP contribution in [0.1, 0.15) is 11.1 Å². The smallest absolute Gasteiger partial charge is 0.344 e. The zero-order chi connectivity index (χ0) is 20.8. The molecule has 0 fully saturated rings. The number of benzene rings is 3. The minimum absolute atomic E-state index is 0.0105. The highest BCUT2D eigenvalue weighted by Gasteiger charge is 2.07. The highest BCUT2D eigenvalue weighted by molar-refractivity contribution is 5.79. The fourth-order valence-electron chi connectivity index (χ4n) is 2.86. The minimum Gasteiger partial charge on any atom is -0.428 e. The third-order valence-electron chi connectivity index (χ3n) is 4.31. The summed E-state index contributed by atoms with van der Waals surface area (Å²) in [6, 6.07) is 20.7. The van der Waals surface area contributed by atoms with Crippen molar-refractivity contribution in [3.8, 4) is 16.9 Å². The van der Waals surface area contributed by atoms with Gasteiger partial charge in [-0.1, -0.05) is 66.7 Å². The van der Waals surface area contributed by atoms with E-state index < -0.39 is 12.1 Å². The Bertz CT molecular complexity index is 1020. The van der Waals surface area contributed by atoms with E-state index in [1.807, 2.05) is 50.5 Å². The average molecular weight is 395 g/mol. The van der Waals surface area contributed by atoms with Crippen LogP contribution in [0.25, 0.3) is 23.3 Å². The van der Waals surface area contributed by atoms with Gasteiger partial charge in [0.05, 0.1) is 0 Å². The molecule has 0 aliphatic heterocycles. The predicted molar refractivity (Wildman–Crippen MR) is 113 cm³/mol. The quantitative estimate of drug-likeness (QED) is 0.329. The van der Waals surface area contributed by atoms with Crippen LogP contribution in [0, 0.1) is 0 Å². The maximum atomic E-state index is 12.8. The number of nitrogens with zero attached hydrogens (tertiary/aromatic N) is 1. The fourth-order valence-corrected chi connectivity index (χ4v) is 2.86. The number of hydrogen-bond donors (Lipinski definition) is 0. The van der Waals surface area contributed by atoms with Crippen LogP contribution >= 0.6 is 0 Å². The molecule has 0 bridgehead atoms. The molecule has 0 aliphatic rings. The van der Waals surface area contributed by atoms with E-state index in [0.29, 0.717) is 0 Å². The number of halogens is 3. The van der Waals surface area contributed by atoms with Gasteiger partial charge in [0.25, 0.3) is 0 Å². The van der Waals surface area contributed by atoms with Crippen LogP contribution in [0.2, 0.25) is 0 Å². The Kier molecular flexibility index (Phi) is 6.39. The standard InChI is InChI=1S/C24H20F3NO/c1-28(2)22-6-4-3-5-21(22)19-13-9-17(10-14-19)7-8-18-11-15-20(16-12-18)29-24(27)23(25)26/h3-16H,1-2H3/b8-7+. The lowest BCUT2D eigenvalue weighted by Crippen LogP contribution is -2.09. The summed E-state index contributed by atoms with van der Waals surface area (Å²) in [7, 11) is 4.04. The molecular weight excluding hydrogens is 375 g/mol. The number of para-hydroxylation sites is 1. The van der Waals surface area contributed by atoms with Crippen molar-refractivity contribution in [3.05, 3.63) is 96.0 Å². The summed E-state index contributed by atoms with van der Waals surface area (Å²) in [4.78, 5) is 2.08. The first-order valence-corrected chi connectivity index (χ1v) is 8.97. The summed E-state index contributed by atoms with van der Waals surface area (Å²) < 4.78 is 41.3. The van der Waals surface area contributed by atoms with Gasteiger partial charge < -0.3 is 9.64 Å². The molecule has 0 atom stereocenters. The van der Waals surface area contributed by atoms with Crippen LogP contribution in [0.5, 0.6) is 5.75 Å². The summed E-state index contributed by atoms with van der Waals surface area (Å²) in [6.45, 7) is 0. The zero-order valence-corrected chi connectivity index (χ0v) is 16.1. The number of ether oxygens (including phenoxy) is 1. The molecule has 3 aromatic carbocycles. The molecule has 29 heavy (non-hydrogen) atoms. The Balaban J connectivity index is 1.72. The Hall–Kier alpha value is -3.47. The second-order valence-electron chi connectivity index (χ2n) is 6.57. The van der Waals surface area contributed by atoms with E-state index in [0.717, 1.165) is 27.9 Å². The van der Waals surface area contributed by atoms with E-state index in [4.69, 9.17) is 0 Å². The van der Waals surface area contributed by atoms with Crippen molar-refractivity contribution in [1.29, 1.82) is 0 Å². The molecule has 0 amide bonds. The molecule has 0 aliphatic carbocycles. The third-order valence-corrected chi connectivity index (χ3v) is 4.31. The van der Waals surface area contributed by atoms with Gasteiger partial charge in [-0.2, -0.15) is 13.2 Å². The number of rotatable bonds is 6. The van der Waals surface area contributed by atoms with Crippen molar-refractivity contribution in [2.24, 2.45) is 0 Å². The first-order valence-electron chi connectivity index (χ1n) is 8.97. The molecule has 0 radical (unpaired) electrons. The largest absolute Gasteiger partial charge is 0.428 e. The maximum Gasteiger partial charge on any atom is 0.344 e. The molecule has 5 heteroatoms. The predicted octanol–water partition coefficient (Wildman–Crippen LogP) is 7.00. The van der Waals surface area contributed by atoms with E-state index in [9.17, 15) is 13.2 Å². The highest BCUT2D eigenvalue weighted by Crippen LogP contribution is 2.30. The molecular formula is C24H20F3NO. The second kappa shape index (κ2) is 9.15. The normalized spacial score (nSPS) is 10.8. The van der Waals surface area contributed by atoms with Gasteiger partial charge in [-0.15, -0.1) is 0 Å². The van der Waals surface area contributed by atoms with Crippen LogP contribution in [0.4, 0.5) is 18.9 Å². The maximum absolute atomic E-state index is 12.8. The van der Waals surface area contributed by atoms with E-state index in [1.54, 1.807) is 12.1 Å². The van der Waals surface area contributed by atoms with Gasteiger partial charge in [0.1, 0.15) is 5.75 Å². The summed E-state index contributed by atoms with van der Waals surface area (Å²) in [5.41, 5.74) is 5.30. The lowest BCUT2D eigenvalue weighted by atomic mass is 10.0. The summed E-state index contributed by atoms with van der Waals surface area (Å²) >= 11 is 0. The molecule has 0 N–H and O–H groups in total. The Morgan fingerprint density at radius 3 is 1.86 bits per heavy atom. The van der Waals surface area contributed by atoms with Crippen LogP contribution in [-0.2, 0) is 0 Å². The van der Waals surface area contributed by atoms with Crippen molar-refractivity contribution in [2.75, 3.05) is 19.0 Å². The highest BCUT2D eigenvalue weighted by atomic mass is 19.3. The van der Waals surface area contributed by atoms with E-state index in [-0.39, 0.29) is 5.75 Å². The monoisotopic (exact) mass is 395 g/mol. The van der Waals surface area contributed by atoms with Crippen LogP contribution < -0.4 is 9.64 Å².